The molecule has 0 bridgehead atoms. The van der Waals surface area contributed by atoms with E-state index >= 15 is 0 Å². The Bertz CT molecular complexity index is 488. The summed E-state index contributed by atoms with van der Waals surface area (Å²) in [6.45, 7) is 0. The maximum atomic E-state index is 10.4. The van der Waals surface area contributed by atoms with Crippen molar-refractivity contribution in [2.45, 2.75) is 0 Å². The molecule has 1 heterocycles. The molecule has 15 heavy (non-hydrogen) atoms. The van der Waals surface area contributed by atoms with Crippen LogP contribution in [0.15, 0.2) is 36.5 Å². The van der Waals surface area contributed by atoms with Gasteiger partial charge in [-0.25, -0.2) is 0 Å². The number of nitrogens with two attached hydrogens (primary N) is 1. The van der Waals surface area contributed by atoms with E-state index in [1.807, 2.05) is 0 Å². The molecule has 0 aliphatic rings. The number of benzene rings is 1. The first-order chi connectivity index (χ1) is 7.16. The van der Waals surface area contributed by atoms with Crippen LogP contribution >= 0.6 is 0 Å². The van der Waals surface area contributed by atoms with Gasteiger partial charge in [0.15, 0.2) is 0 Å². The molecule has 0 aliphatic heterocycles. The van der Waals surface area contributed by atoms with Gasteiger partial charge in [-0.15, -0.1) is 0 Å². The lowest BCUT2D eigenvalue weighted by Gasteiger charge is -1.96. The molecule has 0 spiro atoms. The molecule has 0 saturated carbocycles. The Labute approximate surface area is 85.7 Å². The van der Waals surface area contributed by atoms with Crippen molar-refractivity contribution in [3.8, 4) is 11.1 Å². The zero-order chi connectivity index (χ0) is 10.8. The zero-order valence-corrected chi connectivity index (χ0v) is 7.81. The van der Waals surface area contributed by atoms with E-state index in [9.17, 15) is 10.1 Å². The van der Waals surface area contributed by atoms with Crippen LogP contribution in [-0.2, 0) is 0 Å². The van der Waals surface area contributed by atoms with Crippen molar-refractivity contribution in [2.24, 2.45) is 0 Å². The van der Waals surface area contributed by atoms with Crippen molar-refractivity contribution in [3.63, 3.8) is 0 Å². The molecule has 0 saturated heterocycles. The van der Waals surface area contributed by atoms with Crippen LogP contribution in [0.25, 0.3) is 11.1 Å². The smallest absolute Gasteiger partial charge is 0.269 e. The molecule has 3 N–H and O–H groups in total. The third-order valence-electron chi connectivity index (χ3n) is 2.12. The maximum Gasteiger partial charge on any atom is 0.269 e. The molecule has 0 unspecified atom stereocenters. The fourth-order valence-corrected chi connectivity index (χ4v) is 1.35. The molecule has 0 radical (unpaired) electrons. The van der Waals surface area contributed by atoms with Crippen LogP contribution in [-0.4, -0.2) is 9.91 Å². The highest BCUT2D eigenvalue weighted by Gasteiger charge is 2.05. The normalized spacial score (nSPS) is 10.1. The molecule has 0 atom stereocenters. The van der Waals surface area contributed by atoms with E-state index in [4.69, 9.17) is 5.73 Å². The molecule has 1 aromatic heterocycles. The number of aromatic amines is 1. The summed E-state index contributed by atoms with van der Waals surface area (Å²) in [5.74, 6) is 0.573. The highest BCUT2D eigenvalue weighted by molar-refractivity contribution is 5.67. The van der Waals surface area contributed by atoms with Gasteiger partial charge in [0.1, 0.15) is 5.82 Å². The van der Waals surface area contributed by atoms with Gasteiger partial charge in [0.2, 0.25) is 0 Å². The Balaban J connectivity index is 2.35. The summed E-state index contributed by atoms with van der Waals surface area (Å²) < 4.78 is 0. The van der Waals surface area contributed by atoms with Crippen molar-refractivity contribution in [1.29, 1.82) is 0 Å². The number of H-pyrrole nitrogens is 1. The summed E-state index contributed by atoms with van der Waals surface area (Å²) in [6, 6.07) is 8.11. The van der Waals surface area contributed by atoms with Gasteiger partial charge in [-0.3, -0.25) is 10.1 Å². The summed E-state index contributed by atoms with van der Waals surface area (Å²) in [5.41, 5.74) is 7.43. The van der Waals surface area contributed by atoms with Gasteiger partial charge in [-0.1, -0.05) is 0 Å². The zero-order valence-electron chi connectivity index (χ0n) is 7.81. The van der Waals surface area contributed by atoms with Crippen LogP contribution in [0.1, 0.15) is 0 Å². The number of nitro benzene ring substituents is 1. The first-order valence-corrected chi connectivity index (χ1v) is 4.35. The van der Waals surface area contributed by atoms with Crippen LogP contribution in [0.2, 0.25) is 0 Å². The van der Waals surface area contributed by atoms with Crippen LogP contribution in [0.4, 0.5) is 11.5 Å². The molecule has 2 rings (SSSR count). The predicted molar refractivity (Wildman–Crippen MR) is 57.3 cm³/mol. The molecule has 5 nitrogen and oxygen atoms in total. The van der Waals surface area contributed by atoms with Crippen molar-refractivity contribution in [3.05, 3.63) is 46.6 Å². The number of nitro groups is 1. The molecule has 1 aromatic carbocycles. The van der Waals surface area contributed by atoms with E-state index < -0.39 is 4.92 Å². The molecular formula is C10H9N3O2. The maximum absolute atomic E-state index is 10.4. The van der Waals surface area contributed by atoms with E-state index in [1.165, 1.54) is 12.1 Å². The number of anilines is 1. The number of nitrogen functional groups attached to an aromatic ring is 1. The third-order valence-corrected chi connectivity index (χ3v) is 2.12. The van der Waals surface area contributed by atoms with Gasteiger partial charge in [0, 0.05) is 23.9 Å². The number of nitrogens with one attached hydrogen (secondary N) is 1. The Kier molecular flexibility index (Phi) is 2.13. The fourth-order valence-electron chi connectivity index (χ4n) is 1.35. The second kappa shape index (κ2) is 3.45. The van der Waals surface area contributed by atoms with Crippen LogP contribution < -0.4 is 5.73 Å². The first-order valence-electron chi connectivity index (χ1n) is 4.35. The van der Waals surface area contributed by atoms with Crippen molar-refractivity contribution >= 4 is 11.5 Å². The molecule has 0 fully saturated rings. The second-order valence-electron chi connectivity index (χ2n) is 3.15. The minimum Gasteiger partial charge on any atom is -0.385 e. The highest BCUT2D eigenvalue weighted by Crippen LogP contribution is 2.23. The summed E-state index contributed by atoms with van der Waals surface area (Å²) in [4.78, 5) is 12.9. The molecule has 76 valence electrons. The summed E-state index contributed by atoms with van der Waals surface area (Å²) in [6.07, 6.45) is 1.76. The molecule has 0 amide bonds. The van der Waals surface area contributed by atoms with Crippen molar-refractivity contribution in [1.82, 2.24) is 4.98 Å². The Morgan fingerprint density at radius 2 is 1.87 bits per heavy atom. The van der Waals surface area contributed by atoms with Gasteiger partial charge >= 0.3 is 0 Å². The number of hydrogen-bond acceptors (Lipinski definition) is 3. The number of rotatable bonds is 2. The van der Waals surface area contributed by atoms with Gasteiger partial charge in [-0.2, -0.15) is 0 Å². The van der Waals surface area contributed by atoms with E-state index in [0.29, 0.717) is 5.82 Å². The molecule has 2 aromatic rings. The minimum atomic E-state index is -0.421. The Morgan fingerprint density at radius 1 is 1.20 bits per heavy atom. The Hall–Kier alpha value is -2.30. The van der Waals surface area contributed by atoms with Crippen molar-refractivity contribution < 1.29 is 4.92 Å². The average Bonchev–Trinajstić information content (AvgIpc) is 2.65. The molecule has 5 heteroatoms. The monoisotopic (exact) mass is 203 g/mol. The fraction of sp³-hybridized carbons (Fsp3) is 0. The lowest BCUT2D eigenvalue weighted by atomic mass is 10.1. The van der Waals surface area contributed by atoms with E-state index in [1.54, 1.807) is 24.4 Å². The molecular weight excluding hydrogens is 194 g/mol. The number of nitrogens with zero attached hydrogens (tertiary/aromatic N) is 1. The average molecular weight is 203 g/mol. The van der Waals surface area contributed by atoms with Crippen LogP contribution in [0.5, 0.6) is 0 Å². The summed E-state index contributed by atoms with van der Waals surface area (Å²) in [5, 5.41) is 10.4. The van der Waals surface area contributed by atoms with Gasteiger partial charge < -0.3 is 10.7 Å². The first kappa shape index (κ1) is 9.26. The SMILES string of the molecule is Nc1cc(-c2ccc([N+](=O)[O-])cc2)c[nH]1. The number of hydrogen-bond donors (Lipinski definition) is 2. The van der Waals surface area contributed by atoms with Gasteiger partial charge in [0.05, 0.1) is 4.92 Å². The molecule has 0 aliphatic carbocycles. The van der Waals surface area contributed by atoms with Crippen LogP contribution in [0, 0.1) is 10.1 Å². The Morgan fingerprint density at radius 3 is 2.33 bits per heavy atom. The van der Waals surface area contributed by atoms with Gasteiger partial charge in [-0.05, 0) is 23.8 Å². The number of aromatic nitrogens is 1. The lowest BCUT2D eigenvalue weighted by molar-refractivity contribution is -0.384. The van der Waals surface area contributed by atoms with E-state index in [-0.39, 0.29) is 5.69 Å². The topological polar surface area (TPSA) is 84.9 Å². The predicted octanol–water partition coefficient (Wildman–Crippen LogP) is 2.17. The van der Waals surface area contributed by atoms with Gasteiger partial charge in [0.25, 0.3) is 5.69 Å². The highest BCUT2D eigenvalue weighted by atomic mass is 16.6. The summed E-state index contributed by atoms with van der Waals surface area (Å²) >= 11 is 0. The van der Waals surface area contributed by atoms with Crippen molar-refractivity contribution in [2.75, 3.05) is 5.73 Å². The third kappa shape index (κ3) is 1.80. The standard InChI is InChI=1S/C10H9N3O2/c11-10-5-8(6-12-10)7-1-3-9(4-2-7)13(14)15/h1-6,12H,11H2. The minimum absolute atomic E-state index is 0.0854. The summed E-state index contributed by atoms with van der Waals surface area (Å²) in [7, 11) is 0. The second-order valence-corrected chi connectivity index (χ2v) is 3.15. The van der Waals surface area contributed by atoms with E-state index in [2.05, 4.69) is 4.98 Å². The number of non-ortho nitro benzene ring substituents is 1. The van der Waals surface area contributed by atoms with E-state index in [0.717, 1.165) is 11.1 Å². The largest absolute Gasteiger partial charge is 0.385 e. The lowest BCUT2D eigenvalue weighted by Crippen LogP contribution is -1.86. The quantitative estimate of drug-likeness (QED) is 0.579. The van der Waals surface area contributed by atoms with Crippen LogP contribution in [0.3, 0.4) is 0 Å².